The van der Waals surface area contributed by atoms with Crippen molar-refractivity contribution < 1.29 is 9.21 Å². The number of hydrogen-bond donors (Lipinski definition) is 2. The fourth-order valence-corrected chi connectivity index (χ4v) is 2.85. The molecule has 2 N–H and O–H groups in total. The number of likely N-dealkylation sites (N-methyl/N-ethyl adjacent to an activating group) is 1. The van der Waals surface area contributed by atoms with Crippen LogP contribution in [0.1, 0.15) is 27.9 Å². The fraction of sp³-hybridized carbons (Fsp3) is 0.263. The highest BCUT2D eigenvalue weighted by Gasteiger charge is 2.18. The first-order valence-electron chi connectivity index (χ1n) is 8.33. The van der Waals surface area contributed by atoms with Crippen LogP contribution in [0.15, 0.2) is 58.1 Å². The standard InChI is InChI=1S/C19H22N4O3/c1-13-11-21-19(25)23(13)15-8-6-14(7-9-15)18(24)20-12-16(22(2)3)17-5-4-10-26-17/h4-11,16H,12H2,1-3H3,(H,20,24)(H,21,25). The molecular weight excluding hydrogens is 332 g/mol. The number of benzene rings is 1. The number of H-pyrrole nitrogens is 1. The molecule has 7 nitrogen and oxygen atoms in total. The normalized spacial score (nSPS) is 12.3. The summed E-state index contributed by atoms with van der Waals surface area (Å²) in [4.78, 5) is 28.9. The second-order valence-electron chi connectivity index (χ2n) is 6.32. The molecule has 0 aliphatic carbocycles. The van der Waals surface area contributed by atoms with Crippen LogP contribution >= 0.6 is 0 Å². The molecule has 1 unspecified atom stereocenters. The Hall–Kier alpha value is -3.06. The summed E-state index contributed by atoms with van der Waals surface area (Å²) in [6, 6.07) is 10.6. The Morgan fingerprint density at radius 2 is 2.00 bits per heavy atom. The van der Waals surface area contributed by atoms with Gasteiger partial charge >= 0.3 is 5.69 Å². The molecule has 26 heavy (non-hydrogen) atoms. The van der Waals surface area contributed by atoms with Gasteiger partial charge in [-0.15, -0.1) is 0 Å². The van der Waals surface area contributed by atoms with Gasteiger partial charge in [0.1, 0.15) is 5.76 Å². The maximum Gasteiger partial charge on any atom is 0.330 e. The van der Waals surface area contributed by atoms with E-state index < -0.39 is 0 Å². The van der Waals surface area contributed by atoms with Gasteiger partial charge in [0.25, 0.3) is 5.91 Å². The van der Waals surface area contributed by atoms with Crippen molar-refractivity contribution in [3.05, 3.63) is 76.4 Å². The number of aromatic nitrogens is 2. The summed E-state index contributed by atoms with van der Waals surface area (Å²) in [7, 11) is 3.87. The summed E-state index contributed by atoms with van der Waals surface area (Å²) in [6.45, 7) is 2.27. The SMILES string of the molecule is Cc1c[nH]c(=O)n1-c1ccc(C(=O)NCC(c2ccco2)N(C)C)cc1. The minimum absolute atomic E-state index is 0.0469. The third-order valence-corrected chi connectivity index (χ3v) is 4.30. The Morgan fingerprint density at radius 3 is 2.54 bits per heavy atom. The van der Waals surface area contributed by atoms with E-state index in [2.05, 4.69) is 10.3 Å². The van der Waals surface area contributed by atoms with Gasteiger partial charge in [-0.3, -0.25) is 14.3 Å². The van der Waals surface area contributed by atoms with E-state index in [9.17, 15) is 9.59 Å². The van der Waals surface area contributed by atoms with Crippen LogP contribution in [0.4, 0.5) is 0 Å². The van der Waals surface area contributed by atoms with Crippen molar-refractivity contribution >= 4 is 5.91 Å². The Balaban J connectivity index is 1.69. The van der Waals surface area contributed by atoms with Gasteiger partial charge < -0.3 is 14.7 Å². The molecule has 2 heterocycles. The van der Waals surface area contributed by atoms with Crippen LogP contribution in [0.25, 0.3) is 5.69 Å². The number of nitrogens with one attached hydrogen (secondary N) is 2. The number of carbonyl (C=O) groups excluding carboxylic acids is 1. The number of hydrogen-bond acceptors (Lipinski definition) is 4. The number of rotatable bonds is 6. The van der Waals surface area contributed by atoms with E-state index in [-0.39, 0.29) is 17.6 Å². The highest BCUT2D eigenvalue weighted by molar-refractivity contribution is 5.94. The van der Waals surface area contributed by atoms with E-state index in [4.69, 9.17) is 4.42 Å². The summed E-state index contributed by atoms with van der Waals surface area (Å²) in [5.41, 5.74) is 1.85. The molecule has 0 bridgehead atoms. The van der Waals surface area contributed by atoms with Crippen LogP contribution in [0.3, 0.4) is 0 Å². The zero-order valence-corrected chi connectivity index (χ0v) is 15.0. The monoisotopic (exact) mass is 354 g/mol. The summed E-state index contributed by atoms with van der Waals surface area (Å²) in [5.74, 6) is 0.626. The predicted octanol–water partition coefficient (Wildman–Crippen LogP) is 2.10. The first-order chi connectivity index (χ1) is 12.5. The third-order valence-electron chi connectivity index (χ3n) is 4.30. The lowest BCUT2D eigenvalue weighted by Gasteiger charge is -2.22. The number of nitrogens with zero attached hydrogens (tertiary/aromatic N) is 2. The topological polar surface area (TPSA) is 83.3 Å². The summed E-state index contributed by atoms with van der Waals surface area (Å²) >= 11 is 0. The number of furan rings is 1. The van der Waals surface area contributed by atoms with Gasteiger partial charge in [-0.2, -0.15) is 0 Å². The van der Waals surface area contributed by atoms with Crippen molar-refractivity contribution in [2.75, 3.05) is 20.6 Å². The molecule has 3 rings (SSSR count). The van der Waals surface area contributed by atoms with Crippen molar-refractivity contribution in [2.45, 2.75) is 13.0 Å². The average molecular weight is 354 g/mol. The summed E-state index contributed by atoms with van der Waals surface area (Å²) in [6.07, 6.45) is 3.27. The molecule has 0 aliphatic rings. The molecule has 136 valence electrons. The molecule has 1 atom stereocenters. The zero-order valence-electron chi connectivity index (χ0n) is 15.0. The van der Waals surface area contributed by atoms with Crippen molar-refractivity contribution in [3.63, 3.8) is 0 Å². The number of imidazole rings is 1. The molecule has 1 amide bonds. The smallest absolute Gasteiger partial charge is 0.330 e. The van der Waals surface area contributed by atoms with E-state index >= 15 is 0 Å². The molecule has 2 aromatic heterocycles. The summed E-state index contributed by atoms with van der Waals surface area (Å²) in [5, 5.41) is 2.93. The fourth-order valence-electron chi connectivity index (χ4n) is 2.85. The number of carbonyl (C=O) groups is 1. The van der Waals surface area contributed by atoms with E-state index in [0.29, 0.717) is 17.8 Å². The molecule has 0 spiro atoms. The molecule has 0 fully saturated rings. The highest BCUT2D eigenvalue weighted by atomic mass is 16.3. The molecule has 7 heteroatoms. The molecular formula is C19H22N4O3. The Morgan fingerprint density at radius 1 is 1.27 bits per heavy atom. The molecule has 1 aromatic carbocycles. The largest absolute Gasteiger partial charge is 0.468 e. The van der Waals surface area contributed by atoms with Gasteiger partial charge in [0.15, 0.2) is 0 Å². The lowest BCUT2D eigenvalue weighted by molar-refractivity contribution is 0.0939. The van der Waals surface area contributed by atoms with Gasteiger partial charge in [0.2, 0.25) is 0 Å². The van der Waals surface area contributed by atoms with E-state index in [1.165, 1.54) is 0 Å². The molecule has 0 saturated heterocycles. The minimum Gasteiger partial charge on any atom is -0.468 e. The van der Waals surface area contributed by atoms with Crippen LogP contribution in [0.5, 0.6) is 0 Å². The second kappa shape index (κ2) is 7.45. The van der Waals surface area contributed by atoms with Gasteiger partial charge in [0, 0.05) is 24.0 Å². The zero-order chi connectivity index (χ0) is 18.7. The van der Waals surface area contributed by atoms with Crippen molar-refractivity contribution in [2.24, 2.45) is 0 Å². The predicted molar refractivity (Wildman–Crippen MR) is 98.6 cm³/mol. The molecule has 3 aromatic rings. The van der Waals surface area contributed by atoms with Crippen LogP contribution in [-0.4, -0.2) is 41.0 Å². The Kier molecular flexibility index (Phi) is 5.09. The maximum absolute atomic E-state index is 12.4. The third kappa shape index (κ3) is 3.62. The van der Waals surface area contributed by atoms with Crippen LogP contribution in [0, 0.1) is 6.92 Å². The number of amides is 1. The molecule has 0 aliphatic heterocycles. The average Bonchev–Trinajstić information content (AvgIpc) is 3.25. The molecule has 0 saturated carbocycles. The van der Waals surface area contributed by atoms with Gasteiger partial charge in [-0.25, -0.2) is 4.79 Å². The van der Waals surface area contributed by atoms with Gasteiger partial charge in [-0.1, -0.05) is 0 Å². The van der Waals surface area contributed by atoms with Crippen molar-refractivity contribution in [3.8, 4) is 5.69 Å². The summed E-state index contributed by atoms with van der Waals surface area (Å²) < 4.78 is 7.00. The van der Waals surface area contributed by atoms with Crippen molar-refractivity contribution in [1.29, 1.82) is 0 Å². The highest BCUT2D eigenvalue weighted by Crippen LogP contribution is 2.18. The molecule has 0 radical (unpaired) electrons. The first-order valence-corrected chi connectivity index (χ1v) is 8.33. The van der Waals surface area contributed by atoms with E-state index in [1.807, 2.05) is 38.1 Å². The van der Waals surface area contributed by atoms with Crippen LogP contribution in [0.2, 0.25) is 0 Å². The number of aryl methyl sites for hydroxylation is 1. The Labute approximate surface area is 151 Å². The minimum atomic E-state index is -0.202. The Bertz CT molecular complexity index is 921. The second-order valence-corrected chi connectivity index (χ2v) is 6.32. The quantitative estimate of drug-likeness (QED) is 0.710. The van der Waals surface area contributed by atoms with Gasteiger partial charge in [-0.05, 0) is 57.4 Å². The van der Waals surface area contributed by atoms with E-state index in [0.717, 1.165) is 11.5 Å². The van der Waals surface area contributed by atoms with Crippen LogP contribution < -0.4 is 11.0 Å². The van der Waals surface area contributed by atoms with E-state index in [1.54, 1.807) is 41.3 Å². The maximum atomic E-state index is 12.4. The number of aromatic amines is 1. The van der Waals surface area contributed by atoms with Gasteiger partial charge in [0.05, 0.1) is 18.0 Å². The lowest BCUT2D eigenvalue weighted by Crippen LogP contribution is -2.34. The first kappa shape index (κ1) is 17.8. The van der Waals surface area contributed by atoms with Crippen molar-refractivity contribution in [1.82, 2.24) is 19.8 Å². The van der Waals surface area contributed by atoms with Crippen LogP contribution in [-0.2, 0) is 0 Å². The lowest BCUT2D eigenvalue weighted by atomic mass is 10.1.